The molecular weight excluding hydrogens is 214 g/mol. The van der Waals surface area contributed by atoms with E-state index >= 15 is 0 Å². The Morgan fingerprint density at radius 1 is 1.18 bits per heavy atom. The van der Waals surface area contributed by atoms with Crippen LogP contribution in [-0.2, 0) is 22.7 Å². The van der Waals surface area contributed by atoms with Gasteiger partial charge in [-0.3, -0.25) is 0 Å². The molecule has 2 atom stereocenters. The minimum Gasteiger partial charge on any atom is -0.348 e. The van der Waals surface area contributed by atoms with Gasteiger partial charge >= 0.3 is 0 Å². The average molecular weight is 233 g/mol. The molecule has 92 valence electrons. The molecule has 2 aliphatic heterocycles. The van der Waals surface area contributed by atoms with Crippen LogP contribution in [0.5, 0.6) is 0 Å². The lowest BCUT2D eigenvalue weighted by Crippen LogP contribution is -2.27. The zero-order valence-electron chi connectivity index (χ0n) is 10.2. The van der Waals surface area contributed by atoms with Crippen LogP contribution in [0, 0.1) is 12.8 Å². The highest BCUT2D eigenvalue weighted by molar-refractivity contribution is 5.31. The van der Waals surface area contributed by atoms with E-state index in [2.05, 4.69) is 30.4 Å². The summed E-state index contributed by atoms with van der Waals surface area (Å²) >= 11 is 0. The third kappa shape index (κ3) is 2.37. The number of ether oxygens (including phenoxy) is 2. The third-order valence-electron chi connectivity index (χ3n) is 3.65. The second-order valence-corrected chi connectivity index (χ2v) is 5.02. The lowest BCUT2D eigenvalue weighted by atomic mass is 10.1. The van der Waals surface area contributed by atoms with Gasteiger partial charge in [-0.2, -0.15) is 0 Å². The molecular formula is C14H19NO2. The summed E-state index contributed by atoms with van der Waals surface area (Å²) in [5.74, 6) is 0.505. The fraction of sp³-hybridized carbons (Fsp3) is 0.571. The smallest absolute Gasteiger partial charge is 0.162 e. The molecule has 1 aromatic rings. The minimum absolute atomic E-state index is 0.0438. The maximum absolute atomic E-state index is 5.91. The highest BCUT2D eigenvalue weighted by atomic mass is 16.7. The Kier molecular flexibility index (Phi) is 3.14. The van der Waals surface area contributed by atoms with Crippen LogP contribution in [-0.4, -0.2) is 19.4 Å². The SMILES string of the molecule is Cc1ccc2c(c1)COC(C1CCNC1)OC2. The average Bonchev–Trinajstić information content (AvgIpc) is 2.77. The van der Waals surface area contributed by atoms with Crippen molar-refractivity contribution in [3.05, 3.63) is 34.9 Å². The van der Waals surface area contributed by atoms with Gasteiger partial charge < -0.3 is 14.8 Å². The van der Waals surface area contributed by atoms with E-state index in [1.54, 1.807) is 0 Å². The standard InChI is InChI=1S/C14H19NO2/c1-10-2-3-12-8-16-14(11-4-5-15-7-11)17-9-13(12)6-10/h2-3,6,11,14-15H,4-5,7-9H2,1H3. The van der Waals surface area contributed by atoms with Gasteiger partial charge in [-0.05, 0) is 31.0 Å². The molecule has 3 heteroatoms. The molecule has 0 spiro atoms. The van der Waals surface area contributed by atoms with Gasteiger partial charge in [0.1, 0.15) is 0 Å². The van der Waals surface area contributed by atoms with E-state index in [0.29, 0.717) is 19.1 Å². The largest absolute Gasteiger partial charge is 0.348 e. The molecule has 0 aliphatic carbocycles. The van der Waals surface area contributed by atoms with Crippen LogP contribution in [0.2, 0.25) is 0 Å². The summed E-state index contributed by atoms with van der Waals surface area (Å²) < 4.78 is 11.8. The zero-order chi connectivity index (χ0) is 11.7. The Morgan fingerprint density at radius 3 is 2.76 bits per heavy atom. The molecule has 1 N–H and O–H groups in total. The van der Waals surface area contributed by atoms with E-state index in [9.17, 15) is 0 Å². The number of nitrogens with one attached hydrogen (secondary N) is 1. The zero-order valence-corrected chi connectivity index (χ0v) is 10.2. The van der Waals surface area contributed by atoms with Gasteiger partial charge in [-0.15, -0.1) is 0 Å². The van der Waals surface area contributed by atoms with E-state index in [0.717, 1.165) is 19.5 Å². The molecule has 0 amide bonds. The lowest BCUT2D eigenvalue weighted by molar-refractivity contribution is -0.174. The monoisotopic (exact) mass is 233 g/mol. The molecule has 1 fully saturated rings. The molecule has 0 bridgehead atoms. The van der Waals surface area contributed by atoms with Crippen LogP contribution >= 0.6 is 0 Å². The first-order chi connectivity index (χ1) is 8.33. The van der Waals surface area contributed by atoms with Crippen LogP contribution < -0.4 is 5.32 Å². The summed E-state index contributed by atoms with van der Waals surface area (Å²) in [5.41, 5.74) is 3.83. The molecule has 0 saturated carbocycles. The second-order valence-electron chi connectivity index (χ2n) is 5.02. The fourth-order valence-electron chi connectivity index (χ4n) is 2.60. The molecule has 3 rings (SSSR count). The normalized spacial score (nSPS) is 28.8. The van der Waals surface area contributed by atoms with Crippen LogP contribution in [0.15, 0.2) is 18.2 Å². The Balaban J connectivity index is 1.74. The topological polar surface area (TPSA) is 30.5 Å². The molecule has 1 aromatic carbocycles. The maximum Gasteiger partial charge on any atom is 0.162 e. The van der Waals surface area contributed by atoms with Crippen LogP contribution in [0.4, 0.5) is 0 Å². The predicted molar refractivity (Wildman–Crippen MR) is 65.5 cm³/mol. The Morgan fingerprint density at radius 2 is 2.00 bits per heavy atom. The Labute approximate surface area is 102 Å². The van der Waals surface area contributed by atoms with Gasteiger partial charge in [0, 0.05) is 12.5 Å². The summed E-state index contributed by atoms with van der Waals surface area (Å²) in [6, 6.07) is 6.50. The van der Waals surface area contributed by atoms with E-state index in [1.165, 1.54) is 16.7 Å². The van der Waals surface area contributed by atoms with Gasteiger partial charge in [0.15, 0.2) is 6.29 Å². The second kappa shape index (κ2) is 4.77. The molecule has 2 aliphatic rings. The summed E-state index contributed by atoms with van der Waals surface area (Å²) in [6.45, 7) is 5.57. The number of rotatable bonds is 1. The molecule has 0 aromatic heterocycles. The van der Waals surface area contributed by atoms with Gasteiger partial charge in [-0.25, -0.2) is 0 Å². The third-order valence-corrected chi connectivity index (χ3v) is 3.65. The maximum atomic E-state index is 5.91. The van der Waals surface area contributed by atoms with Gasteiger partial charge in [0.2, 0.25) is 0 Å². The van der Waals surface area contributed by atoms with Crippen molar-refractivity contribution in [3.8, 4) is 0 Å². The molecule has 17 heavy (non-hydrogen) atoms. The van der Waals surface area contributed by atoms with Crippen molar-refractivity contribution in [3.63, 3.8) is 0 Å². The van der Waals surface area contributed by atoms with E-state index in [4.69, 9.17) is 9.47 Å². The van der Waals surface area contributed by atoms with Crippen molar-refractivity contribution in [1.82, 2.24) is 5.32 Å². The first kappa shape index (κ1) is 11.2. The molecule has 2 unspecified atom stereocenters. The highest BCUT2D eigenvalue weighted by Gasteiger charge is 2.28. The quantitative estimate of drug-likeness (QED) is 0.804. The van der Waals surface area contributed by atoms with E-state index in [-0.39, 0.29) is 6.29 Å². The fourth-order valence-corrected chi connectivity index (χ4v) is 2.60. The minimum atomic E-state index is -0.0438. The number of hydrogen-bond acceptors (Lipinski definition) is 3. The van der Waals surface area contributed by atoms with Crippen molar-refractivity contribution in [1.29, 1.82) is 0 Å². The summed E-state index contributed by atoms with van der Waals surface area (Å²) in [5, 5.41) is 3.36. The van der Waals surface area contributed by atoms with Crippen LogP contribution in [0.25, 0.3) is 0 Å². The van der Waals surface area contributed by atoms with Crippen molar-refractivity contribution in [2.24, 2.45) is 5.92 Å². The lowest BCUT2D eigenvalue weighted by Gasteiger charge is -2.20. The Bertz CT molecular complexity index is 399. The number of hydrogen-bond donors (Lipinski definition) is 1. The Hall–Kier alpha value is -0.900. The van der Waals surface area contributed by atoms with Crippen molar-refractivity contribution in [2.75, 3.05) is 13.1 Å². The van der Waals surface area contributed by atoms with Crippen molar-refractivity contribution < 1.29 is 9.47 Å². The van der Waals surface area contributed by atoms with Crippen LogP contribution in [0.3, 0.4) is 0 Å². The first-order valence-corrected chi connectivity index (χ1v) is 6.35. The number of fused-ring (bicyclic) bond motifs is 1. The number of aryl methyl sites for hydroxylation is 1. The predicted octanol–water partition coefficient (Wildman–Crippen LogP) is 1.98. The van der Waals surface area contributed by atoms with Crippen molar-refractivity contribution in [2.45, 2.75) is 32.8 Å². The van der Waals surface area contributed by atoms with Crippen LogP contribution in [0.1, 0.15) is 23.1 Å². The van der Waals surface area contributed by atoms with E-state index in [1.807, 2.05) is 0 Å². The highest BCUT2D eigenvalue weighted by Crippen LogP contribution is 2.25. The van der Waals surface area contributed by atoms with Crippen molar-refractivity contribution >= 4 is 0 Å². The summed E-state index contributed by atoms with van der Waals surface area (Å²) in [6.07, 6.45) is 1.11. The molecule has 1 saturated heterocycles. The number of benzene rings is 1. The molecule has 3 nitrogen and oxygen atoms in total. The summed E-state index contributed by atoms with van der Waals surface area (Å²) in [7, 11) is 0. The molecule has 2 heterocycles. The van der Waals surface area contributed by atoms with E-state index < -0.39 is 0 Å². The first-order valence-electron chi connectivity index (χ1n) is 6.35. The van der Waals surface area contributed by atoms with Gasteiger partial charge in [-0.1, -0.05) is 23.8 Å². The summed E-state index contributed by atoms with van der Waals surface area (Å²) in [4.78, 5) is 0. The van der Waals surface area contributed by atoms with Gasteiger partial charge in [0.25, 0.3) is 0 Å². The molecule has 0 radical (unpaired) electrons. The van der Waals surface area contributed by atoms with Gasteiger partial charge in [0.05, 0.1) is 13.2 Å².